The molecule has 2 heterocycles. The van der Waals surface area contributed by atoms with Crippen LogP contribution in [-0.2, 0) is 35.4 Å². The predicted octanol–water partition coefficient (Wildman–Crippen LogP) is 8.09. The highest BCUT2D eigenvalue weighted by atomic mass is 35.5. The summed E-state index contributed by atoms with van der Waals surface area (Å²) in [5.74, 6) is -0.529. The molecule has 0 bridgehead atoms. The molecular weight excluding hydrogens is 717 g/mol. The van der Waals surface area contributed by atoms with Gasteiger partial charge < -0.3 is 9.45 Å². The predicted molar refractivity (Wildman–Crippen MR) is 201 cm³/mol. The van der Waals surface area contributed by atoms with Crippen LogP contribution >= 0.6 is 23.2 Å². The second-order valence-electron chi connectivity index (χ2n) is 13.7. The van der Waals surface area contributed by atoms with Gasteiger partial charge in [-0.1, -0.05) is 61.3 Å². The first-order valence-electron chi connectivity index (χ1n) is 16.6. The Bertz CT molecular complexity index is 2040. The van der Waals surface area contributed by atoms with Crippen molar-refractivity contribution >= 4 is 66.2 Å². The summed E-state index contributed by atoms with van der Waals surface area (Å²) in [4.78, 5) is 2.18. The minimum absolute atomic E-state index is 0.134. The summed E-state index contributed by atoms with van der Waals surface area (Å²) in [7, 11) is -8.08. The van der Waals surface area contributed by atoms with Gasteiger partial charge in [0, 0.05) is 63.3 Å². The third kappa shape index (κ3) is 8.81. The van der Waals surface area contributed by atoms with Gasteiger partial charge >= 0.3 is 0 Å². The average Bonchev–Trinajstić information content (AvgIpc) is 3.38. The van der Waals surface area contributed by atoms with E-state index in [9.17, 15) is 21.4 Å². The first-order valence-corrected chi connectivity index (χ1v) is 20.5. The van der Waals surface area contributed by atoms with Crippen LogP contribution in [0.5, 0.6) is 0 Å². The Labute approximate surface area is 306 Å². The Hall–Kier alpha value is -3.19. The molecule has 1 N–H and O–H groups in total. The van der Waals surface area contributed by atoms with Crippen LogP contribution in [0.2, 0.25) is 10.0 Å². The van der Waals surface area contributed by atoms with Gasteiger partial charge in [-0.05, 0) is 87.2 Å². The zero-order valence-electron chi connectivity index (χ0n) is 28.7. The second-order valence-corrected chi connectivity index (χ2v) is 17.7. The van der Waals surface area contributed by atoms with Crippen molar-refractivity contribution < 1.29 is 30.2 Å². The number of anilines is 2. The van der Waals surface area contributed by atoms with Gasteiger partial charge in [-0.25, -0.2) is 13.9 Å². The van der Waals surface area contributed by atoms with Gasteiger partial charge in [-0.15, -0.1) is 0 Å². The SMILES string of the molecule is CC1(C)C(=CC=CC2=[N+](CCCCS(=O)(=O)ONc3ccccc3)c3ccc(Cl)cc3C2(C)C)N(CCCCS(=O)(=O)[O-])c2ccc(Cl)cc21. The molecule has 0 aromatic heterocycles. The maximum absolute atomic E-state index is 12.6. The van der Waals surface area contributed by atoms with Crippen LogP contribution in [0.4, 0.5) is 17.1 Å². The van der Waals surface area contributed by atoms with Crippen molar-refractivity contribution in [1.29, 1.82) is 0 Å². The van der Waals surface area contributed by atoms with Crippen LogP contribution in [-0.4, -0.2) is 56.3 Å². The van der Waals surface area contributed by atoms with Gasteiger partial charge in [0.05, 0.1) is 27.0 Å². The number of halogens is 2. The van der Waals surface area contributed by atoms with Crippen molar-refractivity contribution in [2.24, 2.45) is 0 Å². The van der Waals surface area contributed by atoms with Crippen LogP contribution in [0.3, 0.4) is 0 Å². The fraction of sp³-hybridized carbons (Fsp3) is 0.378. The number of para-hydroxylation sites is 1. The molecule has 0 saturated heterocycles. The number of nitrogens with zero attached hydrogens (tertiary/aromatic N) is 2. The summed E-state index contributed by atoms with van der Waals surface area (Å²) < 4.78 is 66.1. The summed E-state index contributed by atoms with van der Waals surface area (Å²) in [6, 6.07) is 20.5. The molecule has 0 spiro atoms. The lowest BCUT2D eigenvalue weighted by Gasteiger charge is -2.27. The zero-order valence-corrected chi connectivity index (χ0v) is 31.8. The number of unbranched alkanes of at least 4 members (excludes halogenated alkanes) is 2. The lowest BCUT2D eigenvalue weighted by Crippen LogP contribution is -2.28. The normalized spacial score (nSPS) is 17.5. The van der Waals surface area contributed by atoms with Gasteiger partial charge in [0.15, 0.2) is 5.71 Å². The highest BCUT2D eigenvalue weighted by Gasteiger charge is 2.44. The number of hydrogen-bond acceptors (Lipinski definition) is 8. The summed E-state index contributed by atoms with van der Waals surface area (Å²) in [5, 5.41) is 1.27. The molecule has 2 aliphatic rings. The number of nitrogens with one attached hydrogen (secondary N) is 1. The van der Waals surface area contributed by atoms with Gasteiger partial charge in [0.1, 0.15) is 6.54 Å². The molecule has 0 unspecified atom stereocenters. The number of allylic oxidation sites excluding steroid dienone is 4. The molecule has 13 heteroatoms. The van der Waals surface area contributed by atoms with E-state index in [1.807, 2.05) is 48.5 Å². The minimum Gasteiger partial charge on any atom is -0.748 e. The smallest absolute Gasteiger partial charge is 0.287 e. The molecule has 50 heavy (non-hydrogen) atoms. The lowest BCUT2D eigenvalue weighted by molar-refractivity contribution is -0.438. The van der Waals surface area contributed by atoms with E-state index in [-0.39, 0.29) is 12.2 Å². The first-order chi connectivity index (χ1) is 23.5. The maximum Gasteiger partial charge on any atom is 0.287 e. The van der Waals surface area contributed by atoms with Crippen molar-refractivity contribution in [2.45, 2.75) is 64.2 Å². The summed E-state index contributed by atoms with van der Waals surface area (Å²) in [5.41, 5.74) is 8.51. The summed E-state index contributed by atoms with van der Waals surface area (Å²) in [6.45, 7) is 9.69. The molecule has 0 amide bonds. The van der Waals surface area contributed by atoms with Crippen LogP contribution in [0.15, 0.2) is 90.7 Å². The third-order valence-corrected chi connectivity index (χ3v) is 11.7. The van der Waals surface area contributed by atoms with E-state index in [1.54, 1.807) is 24.3 Å². The van der Waals surface area contributed by atoms with Gasteiger partial charge in [-0.2, -0.15) is 17.3 Å². The van der Waals surface area contributed by atoms with E-state index in [4.69, 9.17) is 27.5 Å². The molecule has 3 aromatic rings. The first kappa shape index (κ1) is 38.1. The van der Waals surface area contributed by atoms with E-state index in [2.05, 4.69) is 54.8 Å². The van der Waals surface area contributed by atoms with Crippen molar-refractivity contribution in [3.05, 3.63) is 112 Å². The standard InChI is InChI=1S/C37H43Cl2N3O6S2/c1-36(2)30-25-27(38)17-19-32(30)41(21-8-10-23-49(43,44)45)34(36)15-12-16-35-37(3,4)31-26-28(39)18-20-33(31)42(35)22-9-11-24-50(46,47)48-40-29-13-6-5-7-14-29/h5-7,12-20,25-26,40H,8-11,21-24H2,1-4H3. The topological polar surface area (TPSA) is 119 Å². The van der Waals surface area contributed by atoms with Crippen LogP contribution in [0.25, 0.3) is 0 Å². The van der Waals surface area contributed by atoms with Crippen molar-refractivity contribution in [1.82, 2.24) is 0 Å². The zero-order chi connectivity index (χ0) is 36.3. The molecule has 0 atom stereocenters. The largest absolute Gasteiger partial charge is 0.748 e. The number of fused-ring (bicyclic) bond motifs is 2. The fourth-order valence-electron chi connectivity index (χ4n) is 6.76. The third-order valence-electron chi connectivity index (χ3n) is 9.33. The molecule has 0 aliphatic carbocycles. The Kier molecular flexibility index (Phi) is 11.6. The molecule has 2 aliphatic heterocycles. The van der Waals surface area contributed by atoms with Crippen LogP contribution < -0.4 is 10.4 Å². The van der Waals surface area contributed by atoms with E-state index in [0.29, 0.717) is 48.1 Å². The molecule has 0 saturated carbocycles. The minimum atomic E-state index is -4.28. The van der Waals surface area contributed by atoms with Crippen molar-refractivity contribution in [3.8, 4) is 0 Å². The number of hydrogen-bond donors (Lipinski definition) is 1. The van der Waals surface area contributed by atoms with Crippen LogP contribution in [0.1, 0.15) is 64.5 Å². The van der Waals surface area contributed by atoms with Crippen molar-refractivity contribution in [3.63, 3.8) is 0 Å². The molecule has 5 rings (SSSR count). The van der Waals surface area contributed by atoms with E-state index >= 15 is 0 Å². The van der Waals surface area contributed by atoms with Gasteiger partial charge in [-0.3, -0.25) is 0 Å². The number of benzene rings is 3. The Balaban J connectivity index is 1.39. The average molecular weight is 761 g/mol. The summed E-state index contributed by atoms with van der Waals surface area (Å²) in [6.07, 6.45) is 8.01. The Morgan fingerprint density at radius 3 is 2.20 bits per heavy atom. The highest BCUT2D eigenvalue weighted by molar-refractivity contribution is 7.86. The Morgan fingerprint density at radius 1 is 0.840 bits per heavy atom. The molecular formula is C37H43Cl2N3O6S2. The molecule has 9 nitrogen and oxygen atoms in total. The van der Waals surface area contributed by atoms with Crippen LogP contribution in [0, 0.1) is 0 Å². The lowest BCUT2D eigenvalue weighted by atomic mass is 9.81. The van der Waals surface area contributed by atoms with E-state index in [1.165, 1.54) is 0 Å². The highest BCUT2D eigenvalue weighted by Crippen LogP contribution is 2.49. The molecule has 0 fully saturated rings. The second kappa shape index (κ2) is 15.2. The monoisotopic (exact) mass is 759 g/mol. The molecule has 268 valence electrons. The van der Waals surface area contributed by atoms with Crippen molar-refractivity contribution in [2.75, 3.05) is 35.0 Å². The van der Waals surface area contributed by atoms with Gasteiger partial charge in [0.2, 0.25) is 5.69 Å². The number of rotatable bonds is 15. The molecule has 0 radical (unpaired) electrons. The fourth-order valence-corrected chi connectivity index (χ4v) is 8.53. The summed E-state index contributed by atoms with van der Waals surface area (Å²) >= 11 is 12.9. The van der Waals surface area contributed by atoms with E-state index < -0.39 is 36.8 Å². The Morgan fingerprint density at radius 2 is 1.50 bits per heavy atom. The quantitative estimate of drug-likeness (QED) is 0.0715. The van der Waals surface area contributed by atoms with E-state index in [0.717, 1.165) is 33.9 Å². The van der Waals surface area contributed by atoms with Gasteiger partial charge in [0.25, 0.3) is 10.1 Å². The maximum atomic E-state index is 12.6. The molecule has 3 aromatic carbocycles.